The van der Waals surface area contributed by atoms with Gasteiger partial charge in [-0.1, -0.05) is 36.8 Å². The topological polar surface area (TPSA) is 169 Å². The van der Waals surface area contributed by atoms with Crippen LogP contribution in [-0.2, 0) is 20.8 Å². The summed E-state index contributed by atoms with van der Waals surface area (Å²) in [6, 6.07) is 7.77. The van der Waals surface area contributed by atoms with Crippen molar-refractivity contribution in [2.45, 2.75) is 69.9 Å². The number of rotatable bonds is 12. The lowest BCUT2D eigenvalue weighted by molar-refractivity contribution is -0.141. The van der Waals surface area contributed by atoms with Crippen LogP contribution < -0.4 is 16.4 Å². The van der Waals surface area contributed by atoms with Crippen LogP contribution in [0.5, 0.6) is 0 Å². The number of carbonyl (C=O) groups is 3. The van der Waals surface area contributed by atoms with E-state index in [-0.39, 0.29) is 17.6 Å². The largest absolute Gasteiger partial charge is 0.475 e. The first-order chi connectivity index (χ1) is 15.7. The van der Waals surface area contributed by atoms with Gasteiger partial charge in [-0.2, -0.15) is 0 Å². The first kappa shape index (κ1) is 26.3. The zero-order valence-electron chi connectivity index (χ0n) is 19.0. The number of nitrogens with two attached hydrogens (primary N) is 1. The molecule has 1 aliphatic heterocycles. The fourth-order valence-electron chi connectivity index (χ4n) is 4.05. The molecule has 33 heavy (non-hydrogen) atoms. The smallest absolute Gasteiger partial charge is 0.426 e. The molecule has 0 unspecified atom stereocenters. The minimum Gasteiger partial charge on any atom is -0.426 e. The number of hydrogen-bond donors (Lipinski definition) is 6. The average Bonchev–Trinajstić information content (AvgIpc) is 3.25. The summed E-state index contributed by atoms with van der Waals surface area (Å²) in [7, 11) is -1.75. The predicted octanol–water partition coefficient (Wildman–Crippen LogP) is -0.282. The number of amidine groups is 1. The van der Waals surface area contributed by atoms with Crippen LogP contribution in [0, 0.1) is 5.41 Å². The van der Waals surface area contributed by atoms with E-state index in [2.05, 4.69) is 10.6 Å². The van der Waals surface area contributed by atoms with E-state index in [4.69, 9.17) is 11.1 Å². The predicted molar refractivity (Wildman–Crippen MR) is 125 cm³/mol. The summed E-state index contributed by atoms with van der Waals surface area (Å²) in [6.45, 7) is 1.73. The van der Waals surface area contributed by atoms with Crippen molar-refractivity contribution in [1.82, 2.24) is 15.5 Å². The lowest BCUT2D eigenvalue weighted by Crippen LogP contribution is -2.56. The van der Waals surface area contributed by atoms with Crippen molar-refractivity contribution in [2.75, 3.05) is 6.54 Å². The number of nitrogens with one attached hydrogen (secondary N) is 3. The number of carbonyl (C=O) groups excluding carboxylic acids is 3. The quantitative estimate of drug-likeness (QED) is 0.109. The monoisotopic (exact) mass is 459 g/mol. The molecule has 180 valence electrons. The molecule has 1 fully saturated rings. The number of amides is 3. The third kappa shape index (κ3) is 8.51. The highest BCUT2D eigenvalue weighted by Gasteiger charge is 2.39. The maximum absolute atomic E-state index is 13.3. The van der Waals surface area contributed by atoms with Crippen LogP contribution in [0.2, 0.25) is 0 Å². The van der Waals surface area contributed by atoms with E-state index in [1.807, 2.05) is 30.3 Å². The van der Waals surface area contributed by atoms with Crippen LogP contribution >= 0.6 is 0 Å². The van der Waals surface area contributed by atoms with Gasteiger partial charge in [-0.3, -0.25) is 19.8 Å². The Kier molecular flexibility index (Phi) is 10.3. The Bertz CT molecular complexity index is 823. The summed E-state index contributed by atoms with van der Waals surface area (Å²) >= 11 is 0. The van der Waals surface area contributed by atoms with E-state index in [1.165, 1.54) is 11.8 Å². The standard InChI is InChI=1S/C22H34BN5O5/c1-15(29)26-17(14-16-8-3-2-4-9-16)22(31)28-13-7-10-18(28)21(30)27-19(23(32)33)11-5-6-12-20(24)25/h2-4,8-9,17-19,32-33H,5-7,10-14H2,1H3,(H3,24,25)(H,26,29)(H,27,30)/t17-,18+,19+/m1/s1. The second kappa shape index (κ2) is 13.0. The summed E-state index contributed by atoms with van der Waals surface area (Å²) in [4.78, 5) is 39.4. The van der Waals surface area contributed by atoms with E-state index in [0.717, 1.165) is 5.56 Å². The Morgan fingerprint density at radius 1 is 1.21 bits per heavy atom. The molecule has 3 amide bonds. The van der Waals surface area contributed by atoms with Crippen LogP contribution in [0.1, 0.15) is 51.0 Å². The van der Waals surface area contributed by atoms with Crippen LogP contribution in [0.4, 0.5) is 0 Å². The molecule has 1 saturated heterocycles. The van der Waals surface area contributed by atoms with Crippen LogP contribution in [0.15, 0.2) is 30.3 Å². The van der Waals surface area contributed by atoms with Crippen molar-refractivity contribution in [3.8, 4) is 0 Å². The molecule has 1 aliphatic rings. The van der Waals surface area contributed by atoms with Gasteiger partial charge in [-0.25, -0.2) is 0 Å². The van der Waals surface area contributed by atoms with Crippen LogP contribution in [0.3, 0.4) is 0 Å². The first-order valence-electron chi connectivity index (χ1n) is 11.3. The fraction of sp³-hybridized carbons (Fsp3) is 0.545. The van der Waals surface area contributed by atoms with E-state index in [0.29, 0.717) is 51.5 Å². The van der Waals surface area contributed by atoms with Crippen molar-refractivity contribution >= 4 is 30.7 Å². The summed E-state index contributed by atoms with van der Waals surface area (Å²) in [5, 5.41) is 32.0. The molecule has 7 N–H and O–H groups in total. The molecule has 11 heteroatoms. The number of benzene rings is 1. The molecule has 2 rings (SSSR count). The minimum absolute atomic E-state index is 0.0597. The molecule has 3 atom stereocenters. The molecule has 0 aliphatic carbocycles. The van der Waals surface area contributed by atoms with Crippen molar-refractivity contribution in [3.63, 3.8) is 0 Å². The Hall–Kier alpha value is -2.92. The summed E-state index contributed by atoms with van der Waals surface area (Å²) in [6.07, 6.45) is 3.25. The van der Waals surface area contributed by atoms with E-state index >= 15 is 0 Å². The molecule has 0 saturated carbocycles. The normalized spacial score (nSPS) is 17.2. The van der Waals surface area contributed by atoms with Crippen LogP contribution in [0.25, 0.3) is 0 Å². The lowest BCUT2D eigenvalue weighted by Gasteiger charge is -2.30. The zero-order chi connectivity index (χ0) is 24.4. The average molecular weight is 459 g/mol. The van der Waals surface area contributed by atoms with Crippen molar-refractivity contribution < 1.29 is 24.4 Å². The molecule has 10 nitrogen and oxygen atoms in total. The van der Waals surface area contributed by atoms with Gasteiger partial charge in [0.2, 0.25) is 17.7 Å². The highest BCUT2D eigenvalue weighted by Crippen LogP contribution is 2.20. The second-order valence-corrected chi connectivity index (χ2v) is 8.43. The molecular formula is C22H34BN5O5. The Labute approximate surface area is 194 Å². The van der Waals surface area contributed by atoms with Crippen LogP contribution in [-0.4, -0.2) is 70.2 Å². The second-order valence-electron chi connectivity index (χ2n) is 8.43. The van der Waals surface area contributed by atoms with Gasteiger partial charge in [-0.15, -0.1) is 0 Å². The van der Waals surface area contributed by atoms with Crippen molar-refractivity contribution in [2.24, 2.45) is 5.73 Å². The maximum Gasteiger partial charge on any atom is 0.475 e. The van der Waals surface area contributed by atoms with Gasteiger partial charge in [0.15, 0.2) is 0 Å². The maximum atomic E-state index is 13.3. The molecule has 1 aromatic carbocycles. The summed E-state index contributed by atoms with van der Waals surface area (Å²) in [5.41, 5.74) is 6.22. The molecule has 0 aromatic heterocycles. The van der Waals surface area contributed by atoms with Crippen molar-refractivity contribution in [1.29, 1.82) is 5.41 Å². The van der Waals surface area contributed by atoms with Crippen molar-refractivity contribution in [3.05, 3.63) is 35.9 Å². The van der Waals surface area contributed by atoms with Gasteiger partial charge in [0.05, 0.1) is 11.8 Å². The molecule has 0 bridgehead atoms. The van der Waals surface area contributed by atoms with Gasteiger partial charge in [0, 0.05) is 26.3 Å². The van der Waals surface area contributed by atoms with Gasteiger partial charge >= 0.3 is 7.12 Å². The highest BCUT2D eigenvalue weighted by molar-refractivity contribution is 6.43. The van der Waals surface area contributed by atoms with Gasteiger partial charge < -0.3 is 31.3 Å². The first-order valence-corrected chi connectivity index (χ1v) is 11.3. The third-order valence-electron chi connectivity index (χ3n) is 5.70. The SMILES string of the molecule is CC(=O)N[C@H](Cc1ccccc1)C(=O)N1CCC[C@H]1C(=O)N[C@@H](CCCCC(=N)N)B(O)O. The van der Waals surface area contributed by atoms with E-state index < -0.39 is 31.1 Å². The molecule has 0 radical (unpaired) electrons. The van der Waals surface area contributed by atoms with Gasteiger partial charge in [0.1, 0.15) is 12.1 Å². The highest BCUT2D eigenvalue weighted by atomic mass is 16.4. The van der Waals surface area contributed by atoms with E-state index in [1.54, 1.807) is 0 Å². The lowest BCUT2D eigenvalue weighted by atomic mass is 9.76. The Balaban J connectivity index is 2.04. The summed E-state index contributed by atoms with van der Waals surface area (Å²) < 4.78 is 0. The fourth-order valence-corrected chi connectivity index (χ4v) is 4.05. The zero-order valence-corrected chi connectivity index (χ0v) is 19.0. The van der Waals surface area contributed by atoms with Gasteiger partial charge in [-0.05, 0) is 31.2 Å². The molecule has 1 aromatic rings. The summed E-state index contributed by atoms with van der Waals surface area (Å²) in [5.74, 6) is -1.96. The third-order valence-corrected chi connectivity index (χ3v) is 5.70. The molecular weight excluding hydrogens is 425 g/mol. The van der Waals surface area contributed by atoms with E-state index in [9.17, 15) is 24.4 Å². The minimum atomic E-state index is -1.75. The number of nitrogens with zero attached hydrogens (tertiary/aromatic N) is 1. The Morgan fingerprint density at radius 3 is 2.52 bits per heavy atom. The number of likely N-dealkylation sites (tertiary alicyclic amines) is 1. The van der Waals surface area contributed by atoms with Gasteiger partial charge in [0.25, 0.3) is 0 Å². The molecule has 1 heterocycles. The molecule has 0 spiro atoms. The Morgan fingerprint density at radius 2 is 1.91 bits per heavy atom. The number of unbranched alkanes of at least 4 members (excludes halogenated alkanes) is 1. The number of hydrogen-bond acceptors (Lipinski definition) is 6.